The van der Waals surface area contributed by atoms with Crippen LogP contribution in [0, 0.1) is 0 Å². The van der Waals surface area contributed by atoms with E-state index in [1.807, 2.05) is 0 Å². The van der Waals surface area contributed by atoms with Gasteiger partial charge in [0, 0.05) is 24.6 Å². The molecule has 3 atom stereocenters. The summed E-state index contributed by atoms with van der Waals surface area (Å²) in [6.45, 7) is 0. The van der Waals surface area contributed by atoms with Gasteiger partial charge in [0.15, 0.2) is 0 Å². The Labute approximate surface area is 268 Å². The SMILES string of the molecule is Cn1nnnc1SCC1=C(C(=O)O)N2C(=O)C(N(C(=O)c3cc(S(N)(=O)=O)c(Cl)cc3O)C(=O)[C@H](N)c3ccccc3)[C@H]2SC1. The van der Waals surface area contributed by atoms with Gasteiger partial charge in [0.2, 0.25) is 15.2 Å². The zero-order valence-electron chi connectivity index (χ0n) is 23.0. The average Bonchev–Trinajstić information content (AvgIpc) is 3.41. The van der Waals surface area contributed by atoms with Crippen molar-refractivity contribution in [2.75, 3.05) is 11.5 Å². The number of primary sulfonamides is 1. The van der Waals surface area contributed by atoms with E-state index in [-0.39, 0.29) is 22.8 Å². The van der Waals surface area contributed by atoms with Crippen LogP contribution < -0.4 is 10.9 Å². The van der Waals surface area contributed by atoms with E-state index in [2.05, 4.69) is 15.5 Å². The highest BCUT2D eigenvalue weighted by Crippen LogP contribution is 2.44. The molecule has 0 aliphatic carbocycles. The van der Waals surface area contributed by atoms with Crippen molar-refractivity contribution in [3.63, 3.8) is 0 Å². The number of carboxylic acid groups (broad SMARTS) is 1. The molecule has 0 spiro atoms. The zero-order chi connectivity index (χ0) is 32.8. The number of nitrogens with zero attached hydrogens (tertiary/aromatic N) is 6. The lowest BCUT2D eigenvalue weighted by Crippen LogP contribution is -2.72. The lowest BCUT2D eigenvalue weighted by atomic mass is 9.97. The summed E-state index contributed by atoms with van der Waals surface area (Å²) in [5.41, 5.74) is 5.89. The summed E-state index contributed by atoms with van der Waals surface area (Å²) < 4.78 is 25.6. The highest BCUT2D eigenvalue weighted by atomic mass is 35.5. The molecule has 3 aromatic rings. The first-order valence-electron chi connectivity index (χ1n) is 12.7. The maximum atomic E-state index is 14.0. The quantitative estimate of drug-likeness (QED) is 0.174. The molecule has 5 rings (SSSR count). The third-order valence-electron chi connectivity index (χ3n) is 6.92. The van der Waals surface area contributed by atoms with Gasteiger partial charge < -0.3 is 15.9 Å². The van der Waals surface area contributed by atoms with E-state index >= 15 is 0 Å². The van der Waals surface area contributed by atoms with Gasteiger partial charge in [0.05, 0.1) is 10.6 Å². The molecular formula is C25H23ClN8O8S3. The summed E-state index contributed by atoms with van der Waals surface area (Å²) in [5.74, 6) is -5.22. The number of amides is 3. The Balaban J connectivity index is 1.55. The largest absolute Gasteiger partial charge is 0.507 e. The number of aliphatic carboxylic acids is 1. The normalized spacial score (nSPS) is 18.7. The third-order valence-corrected chi connectivity index (χ3v) is 10.7. The molecule has 2 aliphatic heterocycles. The number of thioether (sulfide) groups is 2. The van der Waals surface area contributed by atoms with Crippen LogP contribution in [0.25, 0.3) is 0 Å². The molecule has 1 fully saturated rings. The van der Waals surface area contributed by atoms with Crippen molar-refractivity contribution in [1.29, 1.82) is 0 Å². The first-order valence-corrected chi connectivity index (χ1v) is 16.7. The van der Waals surface area contributed by atoms with E-state index in [1.165, 1.54) is 16.8 Å². The van der Waals surface area contributed by atoms with Gasteiger partial charge in [-0.1, -0.05) is 53.7 Å². The van der Waals surface area contributed by atoms with Crippen LogP contribution in [-0.2, 0) is 31.5 Å². The van der Waals surface area contributed by atoms with Crippen molar-refractivity contribution in [3.05, 3.63) is 69.9 Å². The molecule has 236 valence electrons. The summed E-state index contributed by atoms with van der Waals surface area (Å²) in [4.78, 5) is 54.8. The Bertz CT molecular complexity index is 1870. The Hall–Kier alpha value is -4.01. The van der Waals surface area contributed by atoms with Gasteiger partial charge in [-0.3, -0.25) is 24.2 Å². The molecule has 0 saturated carbocycles. The monoisotopic (exact) mass is 694 g/mol. The summed E-state index contributed by atoms with van der Waals surface area (Å²) in [6, 6.07) is 6.35. The van der Waals surface area contributed by atoms with Crippen molar-refractivity contribution in [2.24, 2.45) is 17.9 Å². The van der Waals surface area contributed by atoms with Crippen LogP contribution in [0.1, 0.15) is 22.0 Å². The highest BCUT2D eigenvalue weighted by molar-refractivity contribution is 8.01. The minimum atomic E-state index is -4.49. The molecule has 2 aliphatic rings. The van der Waals surface area contributed by atoms with Crippen molar-refractivity contribution < 1.29 is 37.8 Å². The number of imide groups is 1. The molecule has 45 heavy (non-hydrogen) atoms. The Morgan fingerprint density at radius 3 is 2.53 bits per heavy atom. The molecule has 3 heterocycles. The minimum absolute atomic E-state index is 0.105. The van der Waals surface area contributed by atoms with Crippen LogP contribution in [-0.4, -0.2) is 95.3 Å². The number of fused-ring (bicyclic) bond motifs is 1. The zero-order valence-corrected chi connectivity index (χ0v) is 26.2. The fourth-order valence-electron chi connectivity index (χ4n) is 4.75. The number of carbonyl (C=O) groups is 4. The Morgan fingerprint density at radius 2 is 1.93 bits per heavy atom. The number of nitrogens with two attached hydrogens (primary N) is 2. The number of carboxylic acids is 1. The lowest BCUT2D eigenvalue weighted by Gasteiger charge is -2.52. The highest BCUT2D eigenvalue weighted by Gasteiger charge is 2.59. The topological polar surface area (TPSA) is 245 Å². The van der Waals surface area contributed by atoms with Crippen LogP contribution >= 0.6 is 35.1 Å². The van der Waals surface area contributed by atoms with Crippen LogP contribution in [0.2, 0.25) is 5.02 Å². The number of hydrogen-bond donors (Lipinski definition) is 4. The van der Waals surface area contributed by atoms with Crippen LogP contribution in [0.15, 0.2) is 63.8 Å². The fraction of sp³-hybridized carbons (Fsp3) is 0.240. The van der Waals surface area contributed by atoms with Gasteiger partial charge in [-0.15, -0.1) is 16.9 Å². The van der Waals surface area contributed by atoms with Gasteiger partial charge in [-0.25, -0.2) is 23.0 Å². The number of tetrazole rings is 1. The standard InChI is InChI=1S/C25H23ClN8O8S3/c1-32-25(29-30-31-32)44-10-12-9-43-23-19(22(38)34(23)18(12)24(39)40)33(21(37)17(27)11-5-3-2-4-6-11)20(36)13-7-16(45(28,41)42)14(26)8-15(13)35/h2-8,17,19,23,35H,9-10,27H2,1H3,(H,39,40)(H2,28,41,42)/t17-,19?,23-/m1/s1. The molecule has 1 saturated heterocycles. The number of carbonyl (C=O) groups excluding carboxylic acids is 3. The van der Waals surface area contributed by atoms with E-state index in [1.54, 1.807) is 25.2 Å². The summed E-state index contributed by atoms with van der Waals surface area (Å²) in [5, 5.41) is 35.9. The van der Waals surface area contributed by atoms with Crippen LogP contribution in [0.5, 0.6) is 5.75 Å². The van der Waals surface area contributed by atoms with Crippen LogP contribution in [0.4, 0.5) is 0 Å². The van der Waals surface area contributed by atoms with E-state index in [0.717, 1.165) is 34.5 Å². The molecular weight excluding hydrogens is 672 g/mol. The molecule has 1 unspecified atom stereocenters. The second-order valence-electron chi connectivity index (χ2n) is 9.73. The molecule has 6 N–H and O–H groups in total. The number of halogens is 1. The van der Waals surface area contributed by atoms with Gasteiger partial charge in [0.1, 0.15) is 33.8 Å². The second-order valence-corrected chi connectivity index (χ2v) is 13.7. The maximum absolute atomic E-state index is 14.0. The summed E-state index contributed by atoms with van der Waals surface area (Å²) in [6.07, 6.45) is 0. The minimum Gasteiger partial charge on any atom is -0.507 e. The number of hydrogen-bond acceptors (Lipinski definition) is 13. The predicted molar refractivity (Wildman–Crippen MR) is 160 cm³/mol. The molecule has 20 heteroatoms. The molecule has 0 bridgehead atoms. The third kappa shape index (κ3) is 6.01. The number of benzene rings is 2. The number of aromatic nitrogens is 4. The van der Waals surface area contributed by atoms with E-state index in [4.69, 9.17) is 22.5 Å². The molecule has 0 radical (unpaired) electrons. The number of phenolic OH excluding ortho intramolecular Hbond substituents is 1. The van der Waals surface area contributed by atoms with E-state index in [0.29, 0.717) is 21.7 Å². The number of aromatic hydroxyl groups is 1. The Morgan fingerprint density at radius 1 is 1.24 bits per heavy atom. The fourth-order valence-corrected chi connectivity index (χ4v) is 8.22. The number of sulfonamides is 1. The number of aryl methyl sites for hydroxylation is 1. The maximum Gasteiger partial charge on any atom is 0.352 e. The number of β-lactam (4-membered cyclic amide) rings is 1. The van der Waals surface area contributed by atoms with Gasteiger partial charge in [0.25, 0.3) is 17.7 Å². The van der Waals surface area contributed by atoms with Crippen molar-refractivity contribution in [2.45, 2.75) is 27.5 Å². The van der Waals surface area contributed by atoms with Gasteiger partial charge in [-0.05, 0) is 27.6 Å². The predicted octanol–water partition coefficient (Wildman–Crippen LogP) is 0.300. The number of phenols is 1. The smallest absolute Gasteiger partial charge is 0.352 e. The van der Waals surface area contributed by atoms with E-state index in [9.17, 15) is 37.8 Å². The van der Waals surface area contributed by atoms with E-state index < -0.39 is 72.4 Å². The van der Waals surface area contributed by atoms with Crippen LogP contribution in [0.3, 0.4) is 0 Å². The number of rotatable bonds is 9. The molecule has 16 nitrogen and oxygen atoms in total. The van der Waals surface area contributed by atoms with Crippen molar-refractivity contribution >= 4 is 68.8 Å². The van der Waals surface area contributed by atoms with Gasteiger partial charge >= 0.3 is 5.97 Å². The molecule has 3 amide bonds. The van der Waals surface area contributed by atoms with Gasteiger partial charge in [-0.2, -0.15) is 0 Å². The summed E-state index contributed by atoms with van der Waals surface area (Å²) >= 11 is 8.19. The lowest BCUT2D eigenvalue weighted by molar-refractivity contribution is -0.157. The second kappa shape index (κ2) is 12.4. The Kier molecular flexibility index (Phi) is 8.93. The van der Waals surface area contributed by atoms with Crippen molar-refractivity contribution in [3.8, 4) is 5.75 Å². The first kappa shape index (κ1) is 32.4. The molecule has 2 aromatic carbocycles. The van der Waals surface area contributed by atoms with Crippen molar-refractivity contribution in [1.82, 2.24) is 30.0 Å². The first-order chi connectivity index (χ1) is 21.2. The molecule has 1 aromatic heterocycles. The average molecular weight is 695 g/mol. The summed E-state index contributed by atoms with van der Waals surface area (Å²) in [7, 11) is -2.88.